The molecule has 2 aromatic carbocycles. The summed E-state index contributed by atoms with van der Waals surface area (Å²) in [5.41, 5.74) is 4.58. The number of likely N-dealkylation sites (N-methyl/N-ethyl adjacent to an activating group) is 1. The Labute approximate surface area is 358 Å². The second kappa shape index (κ2) is 20.2. The summed E-state index contributed by atoms with van der Waals surface area (Å²) in [7, 11) is 2.92. The molecule has 0 saturated carbocycles. The van der Waals surface area contributed by atoms with Crippen LogP contribution in [0.4, 0.5) is 22.0 Å². The molecule has 1 aliphatic rings. The lowest BCUT2D eigenvalue weighted by atomic mass is 9.84. The fraction of sp³-hybridized carbons (Fsp3) is 0.489. The van der Waals surface area contributed by atoms with Gasteiger partial charge in [-0.05, 0) is 84.7 Å². The second-order valence-corrected chi connectivity index (χ2v) is 16.9. The number of ether oxygens (including phenoxy) is 2. The van der Waals surface area contributed by atoms with Crippen molar-refractivity contribution in [1.82, 2.24) is 30.2 Å². The summed E-state index contributed by atoms with van der Waals surface area (Å²) in [6.07, 6.45) is -4.71. The summed E-state index contributed by atoms with van der Waals surface area (Å²) in [6, 6.07) is 10.1. The third-order valence-electron chi connectivity index (χ3n) is 11.1. The fourth-order valence-electron chi connectivity index (χ4n) is 8.19. The number of amides is 3. The maximum absolute atomic E-state index is 14.7. The monoisotopic (exact) mass is 870 g/mol. The lowest BCUT2D eigenvalue weighted by Crippen LogP contribution is -2.58. The van der Waals surface area contributed by atoms with E-state index in [2.05, 4.69) is 15.7 Å². The number of hydrogen-bond acceptors (Lipinski definition) is 8. The Kier molecular flexibility index (Phi) is 15.5. The topological polar surface area (TPSA) is 135 Å². The predicted octanol–water partition coefficient (Wildman–Crippen LogP) is 7.59. The number of nitrogens with one attached hydrogen (secondary N) is 2. The van der Waals surface area contributed by atoms with Gasteiger partial charge in [-0.3, -0.25) is 29.2 Å². The average Bonchev–Trinajstić information content (AvgIpc) is 3.51. The van der Waals surface area contributed by atoms with E-state index in [1.807, 2.05) is 13.8 Å². The van der Waals surface area contributed by atoms with Gasteiger partial charge in [0.15, 0.2) is 0 Å². The Morgan fingerprint density at radius 2 is 1.77 bits per heavy atom. The van der Waals surface area contributed by atoms with Gasteiger partial charge in [0, 0.05) is 67.3 Å². The quantitative estimate of drug-likeness (QED) is 0.0728. The molecular formula is C45H55F5N6O6. The van der Waals surface area contributed by atoms with Crippen LogP contribution in [0.3, 0.4) is 0 Å². The summed E-state index contributed by atoms with van der Waals surface area (Å²) in [5, 5.41) is 4.60. The molecule has 3 atom stereocenters. The molecule has 3 unspecified atom stereocenters. The molecular weight excluding hydrogens is 816 g/mol. The zero-order valence-corrected chi connectivity index (χ0v) is 36.0. The van der Waals surface area contributed by atoms with Crippen LogP contribution in [0.15, 0.2) is 54.7 Å². The van der Waals surface area contributed by atoms with E-state index >= 15 is 0 Å². The van der Waals surface area contributed by atoms with Crippen molar-refractivity contribution in [3.8, 4) is 22.4 Å². The molecule has 3 amide bonds. The molecule has 336 valence electrons. The highest BCUT2D eigenvalue weighted by molar-refractivity contribution is 5.95. The Morgan fingerprint density at radius 1 is 1.03 bits per heavy atom. The summed E-state index contributed by atoms with van der Waals surface area (Å²) in [6.45, 7) is 8.63. The molecule has 62 heavy (non-hydrogen) atoms. The average molecular weight is 871 g/mol. The van der Waals surface area contributed by atoms with Crippen molar-refractivity contribution in [3.05, 3.63) is 77.1 Å². The molecule has 4 aromatic rings. The van der Waals surface area contributed by atoms with Crippen molar-refractivity contribution >= 4 is 35.6 Å². The largest absolute Gasteiger partial charge is 0.467 e. The van der Waals surface area contributed by atoms with Crippen LogP contribution in [0, 0.1) is 11.3 Å². The molecule has 0 aliphatic carbocycles. The number of carbonyl (C=O) groups excluding carboxylic acids is 4. The van der Waals surface area contributed by atoms with Crippen molar-refractivity contribution < 1.29 is 50.6 Å². The van der Waals surface area contributed by atoms with Gasteiger partial charge in [-0.2, -0.15) is 13.2 Å². The van der Waals surface area contributed by atoms with E-state index in [0.717, 1.165) is 6.42 Å². The highest BCUT2D eigenvalue weighted by Crippen LogP contribution is 2.43. The van der Waals surface area contributed by atoms with Crippen LogP contribution in [0.2, 0.25) is 0 Å². The highest BCUT2D eigenvalue weighted by Gasteiger charge is 2.36. The molecule has 3 heterocycles. The number of carbonyl (C=O) groups is 4. The fourth-order valence-corrected chi connectivity index (χ4v) is 8.19. The molecule has 17 heteroatoms. The van der Waals surface area contributed by atoms with Gasteiger partial charge in [0.2, 0.25) is 12.3 Å². The molecule has 2 N–H and O–H groups in total. The van der Waals surface area contributed by atoms with Gasteiger partial charge in [0.05, 0.1) is 24.1 Å². The minimum atomic E-state index is -4.66. The number of alkyl halides is 5. The third kappa shape index (κ3) is 11.3. The lowest BCUT2D eigenvalue weighted by Gasteiger charge is -2.33. The first-order valence-electron chi connectivity index (χ1n) is 20.5. The molecule has 0 spiro atoms. The van der Waals surface area contributed by atoms with Crippen LogP contribution in [0.5, 0.6) is 0 Å². The summed E-state index contributed by atoms with van der Waals surface area (Å²) >= 11 is 0. The van der Waals surface area contributed by atoms with Gasteiger partial charge >= 0.3 is 6.18 Å². The Balaban J connectivity index is 1.72. The van der Waals surface area contributed by atoms with Gasteiger partial charge < -0.3 is 24.3 Å². The molecule has 0 bridgehead atoms. The third-order valence-corrected chi connectivity index (χ3v) is 11.1. The van der Waals surface area contributed by atoms with Crippen molar-refractivity contribution in [2.75, 3.05) is 33.9 Å². The first-order chi connectivity index (χ1) is 29.3. The first-order valence-corrected chi connectivity index (χ1v) is 20.5. The molecule has 1 aliphatic heterocycles. The number of halogens is 5. The second-order valence-electron chi connectivity index (χ2n) is 16.9. The van der Waals surface area contributed by atoms with Crippen LogP contribution in [-0.2, 0) is 48.0 Å². The predicted molar refractivity (Wildman–Crippen MR) is 224 cm³/mol. The van der Waals surface area contributed by atoms with Gasteiger partial charge in [0.25, 0.3) is 18.8 Å². The van der Waals surface area contributed by atoms with Gasteiger partial charge in [-0.25, -0.2) is 14.2 Å². The normalized spacial score (nSPS) is 15.1. The van der Waals surface area contributed by atoms with Crippen LogP contribution < -0.4 is 10.7 Å². The lowest BCUT2D eigenvalue weighted by molar-refractivity contribution is -0.142. The zero-order chi connectivity index (χ0) is 45.5. The first kappa shape index (κ1) is 47.6. The van der Waals surface area contributed by atoms with Gasteiger partial charge in [-0.1, -0.05) is 45.9 Å². The molecule has 5 rings (SSSR count). The van der Waals surface area contributed by atoms with Crippen LogP contribution in [0.1, 0.15) is 82.4 Å². The molecule has 2 aromatic heterocycles. The number of fused-ring (bicyclic) bond motifs is 1. The highest BCUT2D eigenvalue weighted by atomic mass is 19.4. The molecule has 0 radical (unpaired) electrons. The van der Waals surface area contributed by atoms with Crippen LogP contribution in [0.25, 0.3) is 33.3 Å². The van der Waals surface area contributed by atoms with E-state index < -0.39 is 54.6 Å². The zero-order valence-electron chi connectivity index (χ0n) is 36.0. The number of nitrogens with zero attached hydrogens (tertiary/aromatic N) is 4. The van der Waals surface area contributed by atoms with Crippen LogP contribution >= 0.6 is 0 Å². The molecule has 1 saturated heterocycles. The number of aromatic nitrogens is 2. The SMILES string of the molecule is COC(C)c1ncccc1-c1c(CC(C)(C)COC=O)c2cc(-c3cc(CC(NC(=O)C(C(C)C)N(C)C=O)C(=O)N4CCCCN4)cc(C(F)F)c3)ccc2n1CC(F)(F)F. The number of pyridine rings is 1. The van der Waals surface area contributed by atoms with E-state index in [1.54, 1.807) is 51.1 Å². The standard InChI is InChI=1S/C45H55F5N6O6/c1-27(2)39(54(6)25-57)42(59)53-36(43(60)56-16-9-8-15-52-56)19-29-17-31(20-32(18-29)41(46)47)30-12-13-37-34(21-30)35(22-44(4,5)24-62-26-58)40(55(37)23-45(48,49)50)33-11-10-14-51-38(33)28(3)61-7/h10-14,17-18,20-21,25-28,36,39,41,52H,8-9,15-16,19,22-24H2,1-7H3,(H,53,59). The summed E-state index contributed by atoms with van der Waals surface area (Å²) in [5.74, 6) is -1.41. The number of hydrogen-bond donors (Lipinski definition) is 2. The Morgan fingerprint density at radius 3 is 2.39 bits per heavy atom. The van der Waals surface area contributed by atoms with E-state index in [4.69, 9.17) is 9.47 Å². The van der Waals surface area contributed by atoms with E-state index in [-0.39, 0.29) is 47.7 Å². The maximum Gasteiger partial charge on any atom is 0.406 e. The number of rotatable bonds is 19. The molecule has 1 fully saturated rings. The summed E-state index contributed by atoms with van der Waals surface area (Å²) < 4.78 is 85.0. The maximum atomic E-state index is 14.7. The number of hydrazine groups is 1. The van der Waals surface area contributed by atoms with E-state index in [9.17, 15) is 41.1 Å². The smallest absolute Gasteiger partial charge is 0.406 e. The van der Waals surface area contributed by atoms with Gasteiger partial charge in [0.1, 0.15) is 18.6 Å². The van der Waals surface area contributed by atoms with E-state index in [1.165, 1.54) is 53.0 Å². The Hall–Kier alpha value is -5.42. The van der Waals surface area contributed by atoms with Crippen molar-refractivity contribution in [2.24, 2.45) is 11.3 Å². The van der Waals surface area contributed by atoms with Crippen molar-refractivity contribution in [3.63, 3.8) is 0 Å². The van der Waals surface area contributed by atoms with Gasteiger partial charge in [-0.15, -0.1) is 0 Å². The van der Waals surface area contributed by atoms with Crippen molar-refractivity contribution in [2.45, 2.75) is 97.6 Å². The van der Waals surface area contributed by atoms with Crippen LogP contribution in [-0.4, -0.2) is 96.3 Å². The molecule has 12 nitrogen and oxygen atoms in total. The summed E-state index contributed by atoms with van der Waals surface area (Å²) in [4.78, 5) is 56.4. The number of methoxy groups -OCH3 is 1. The Bertz CT molecular complexity index is 2220. The minimum Gasteiger partial charge on any atom is -0.467 e. The minimum absolute atomic E-state index is 0.0531. The number of benzene rings is 2. The van der Waals surface area contributed by atoms with E-state index in [0.29, 0.717) is 65.7 Å². The van der Waals surface area contributed by atoms with Crippen molar-refractivity contribution in [1.29, 1.82) is 0 Å².